The molecule has 0 aliphatic rings. The van der Waals surface area contributed by atoms with E-state index in [9.17, 15) is 4.79 Å². The van der Waals surface area contributed by atoms with Gasteiger partial charge in [0.1, 0.15) is 0 Å². The van der Waals surface area contributed by atoms with Crippen molar-refractivity contribution in [3.8, 4) is 0 Å². The van der Waals surface area contributed by atoms with Gasteiger partial charge in [-0.1, -0.05) is 17.6 Å². The quantitative estimate of drug-likeness (QED) is 0.796. The van der Waals surface area contributed by atoms with Gasteiger partial charge in [0.15, 0.2) is 0 Å². The summed E-state index contributed by atoms with van der Waals surface area (Å²) in [5.74, 6) is -0.937. The number of benzene rings is 1. The van der Waals surface area contributed by atoms with E-state index in [1.807, 2.05) is 27.7 Å². The second-order valence-corrected chi connectivity index (χ2v) is 5.39. The van der Waals surface area contributed by atoms with Crippen LogP contribution in [0.3, 0.4) is 0 Å². The van der Waals surface area contributed by atoms with Gasteiger partial charge in [0.25, 0.3) is 0 Å². The largest absolute Gasteiger partial charge is 0.478 e. The van der Waals surface area contributed by atoms with Crippen molar-refractivity contribution in [3.63, 3.8) is 0 Å². The van der Waals surface area contributed by atoms with Crippen LogP contribution in [0.25, 0.3) is 0 Å². The molecule has 19 heavy (non-hydrogen) atoms. The Kier molecular flexibility index (Phi) is 4.77. The molecule has 103 valence electrons. The molecular weight excluding hydrogens is 243 g/mol. The summed E-state index contributed by atoms with van der Waals surface area (Å²) in [5, 5.41) is 8.82. The lowest BCUT2D eigenvalue weighted by Gasteiger charge is -2.40. The number of methoxy groups -OCH3 is 1. The molecule has 0 saturated heterocycles. The fourth-order valence-electron chi connectivity index (χ4n) is 1.31. The molecule has 0 unspecified atom stereocenters. The number of carbonyl (C=O) groups is 1. The van der Waals surface area contributed by atoms with Gasteiger partial charge < -0.3 is 14.5 Å². The van der Waals surface area contributed by atoms with Gasteiger partial charge in [-0.25, -0.2) is 4.79 Å². The van der Waals surface area contributed by atoms with Crippen molar-refractivity contribution in [1.82, 2.24) is 0 Å². The Labute approximate surface area is 115 Å². The lowest BCUT2D eigenvalue weighted by molar-refractivity contribution is -0.114. The summed E-state index contributed by atoms with van der Waals surface area (Å²) in [7, 11) is 3.26. The monoisotopic (exact) mass is 263 g/mol. The fourth-order valence-corrected chi connectivity index (χ4v) is 1.31. The zero-order valence-electron chi connectivity index (χ0n) is 12.1. The van der Waals surface area contributed by atoms with Crippen molar-refractivity contribution >= 4 is 18.9 Å². The van der Waals surface area contributed by atoms with E-state index in [-0.39, 0.29) is 5.56 Å². The van der Waals surface area contributed by atoms with Crippen LogP contribution >= 0.6 is 0 Å². The van der Waals surface area contributed by atoms with Crippen LogP contribution in [0.4, 0.5) is 0 Å². The molecule has 0 heterocycles. The molecule has 0 aromatic heterocycles. The number of rotatable bonds is 6. The Morgan fingerprint density at radius 1 is 1.11 bits per heavy atom. The molecule has 1 radical (unpaired) electrons. The predicted octanol–water partition coefficient (Wildman–Crippen LogP) is 1.85. The predicted molar refractivity (Wildman–Crippen MR) is 75.0 cm³/mol. The molecule has 0 aliphatic heterocycles. The fraction of sp³-hybridized carbons (Fsp3) is 0.500. The van der Waals surface area contributed by atoms with E-state index in [0.717, 1.165) is 5.46 Å². The molecule has 0 spiro atoms. The Balaban J connectivity index is 2.69. The number of hydrogen-bond donors (Lipinski definition) is 1. The standard InChI is InChI=1S/C14H20BO4/c1-13(2,18-5)14(3,4)19-15-11-8-6-10(7-9-11)12(16)17/h6-9H,1-5H3,(H,16,17). The second kappa shape index (κ2) is 5.76. The molecule has 1 rings (SSSR count). The first-order valence-electron chi connectivity index (χ1n) is 6.09. The van der Waals surface area contributed by atoms with Crippen LogP contribution in [0.2, 0.25) is 0 Å². The molecule has 4 nitrogen and oxygen atoms in total. The van der Waals surface area contributed by atoms with Crippen molar-refractivity contribution in [3.05, 3.63) is 29.8 Å². The summed E-state index contributed by atoms with van der Waals surface area (Å²) in [6.45, 7) is 7.79. The number of hydrogen-bond acceptors (Lipinski definition) is 3. The summed E-state index contributed by atoms with van der Waals surface area (Å²) >= 11 is 0. The van der Waals surface area contributed by atoms with Crippen molar-refractivity contribution in [2.24, 2.45) is 0 Å². The highest BCUT2D eigenvalue weighted by Crippen LogP contribution is 2.27. The minimum atomic E-state index is -0.937. The van der Waals surface area contributed by atoms with Crippen LogP contribution in [0.15, 0.2) is 24.3 Å². The zero-order chi connectivity index (χ0) is 14.7. The van der Waals surface area contributed by atoms with Crippen molar-refractivity contribution in [1.29, 1.82) is 0 Å². The molecular formula is C14H20BO4. The van der Waals surface area contributed by atoms with Gasteiger partial charge in [0, 0.05) is 7.11 Å². The highest BCUT2D eigenvalue weighted by Gasteiger charge is 2.37. The summed E-state index contributed by atoms with van der Waals surface area (Å²) in [6, 6.07) is 6.51. The van der Waals surface area contributed by atoms with Gasteiger partial charge in [-0.3, -0.25) is 0 Å². The average molecular weight is 263 g/mol. The van der Waals surface area contributed by atoms with Crippen LogP contribution in [0.5, 0.6) is 0 Å². The third kappa shape index (κ3) is 3.82. The molecule has 0 fully saturated rings. The minimum absolute atomic E-state index is 0.258. The van der Waals surface area contributed by atoms with E-state index in [2.05, 4.69) is 0 Å². The second-order valence-electron chi connectivity index (χ2n) is 5.39. The SMILES string of the molecule is COC(C)(C)C(C)(C)O[B]c1ccc(C(=O)O)cc1. The molecule has 0 atom stereocenters. The lowest BCUT2D eigenvalue weighted by atomic mass is 9.82. The van der Waals surface area contributed by atoms with Crippen molar-refractivity contribution < 1.29 is 19.3 Å². The van der Waals surface area contributed by atoms with Crippen molar-refractivity contribution in [2.75, 3.05) is 7.11 Å². The highest BCUT2D eigenvalue weighted by molar-refractivity contribution is 6.47. The molecule has 0 saturated carbocycles. The van der Waals surface area contributed by atoms with Gasteiger partial charge in [-0.15, -0.1) is 0 Å². The van der Waals surface area contributed by atoms with E-state index in [4.69, 9.17) is 14.5 Å². The number of ether oxygens (including phenoxy) is 1. The van der Waals surface area contributed by atoms with Crippen LogP contribution in [0.1, 0.15) is 38.1 Å². The lowest BCUT2D eigenvalue weighted by Crippen LogP contribution is -2.50. The topological polar surface area (TPSA) is 55.8 Å². The van der Waals surface area contributed by atoms with Gasteiger partial charge in [0.2, 0.25) is 0 Å². The molecule has 1 aromatic carbocycles. The summed E-state index contributed by atoms with van der Waals surface area (Å²) < 4.78 is 11.2. The van der Waals surface area contributed by atoms with Gasteiger partial charge in [-0.2, -0.15) is 0 Å². The van der Waals surface area contributed by atoms with Crippen LogP contribution in [-0.4, -0.2) is 36.9 Å². The zero-order valence-corrected chi connectivity index (χ0v) is 12.1. The van der Waals surface area contributed by atoms with Crippen LogP contribution < -0.4 is 5.46 Å². The van der Waals surface area contributed by atoms with Crippen molar-refractivity contribution in [2.45, 2.75) is 38.9 Å². The highest BCUT2D eigenvalue weighted by atomic mass is 16.5. The third-order valence-corrected chi connectivity index (χ3v) is 3.61. The molecule has 0 aliphatic carbocycles. The summed E-state index contributed by atoms with van der Waals surface area (Å²) in [6.07, 6.45) is 0. The molecule has 0 bridgehead atoms. The van der Waals surface area contributed by atoms with E-state index >= 15 is 0 Å². The van der Waals surface area contributed by atoms with E-state index in [1.54, 1.807) is 38.9 Å². The first kappa shape index (κ1) is 15.7. The first-order chi connectivity index (χ1) is 8.69. The minimum Gasteiger partial charge on any atom is -0.478 e. The van der Waals surface area contributed by atoms with Crippen LogP contribution in [0, 0.1) is 0 Å². The average Bonchev–Trinajstić information content (AvgIpc) is 2.36. The number of carboxylic acids is 1. The Hall–Kier alpha value is -1.33. The maximum absolute atomic E-state index is 10.7. The van der Waals surface area contributed by atoms with E-state index < -0.39 is 17.2 Å². The normalized spacial score (nSPS) is 12.3. The third-order valence-electron chi connectivity index (χ3n) is 3.61. The Bertz CT molecular complexity index is 437. The molecule has 0 amide bonds. The Morgan fingerprint density at radius 2 is 1.63 bits per heavy atom. The van der Waals surface area contributed by atoms with Gasteiger partial charge >= 0.3 is 13.5 Å². The number of aromatic carboxylic acids is 1. The Morgan fingerprint density at radius 3 is 2.05 bits per heavy atom. The smallest absolute Gasteiger partial charge is 0.335 e. The molecule has 1 N–H and O–H groups in total. The summed E-state index contributed by atoms with van der Waals surface area (Å²) in [4.78, 5) is 10.7. The maximum atomic E-state index is 10.7. The molecule has 1 aromatic rings. The maximum Gasteiger partial charge on any atom is 0.335 e. The number of carboxylic acid groups (broad SMARTS) is 1. The van der Waals surface area contributed by atoms with Gasteiger partial charge in [0.05, 0.1) is 16.8 Å². The van der Waals surface area contributed by atoms with E-state index in [1.165, 1.54) is 0 Å². The van der Waals surface area contributed by atoms with Gasteiger partial charge in [-0.05, 0) is 39.8 Å². The molecule has 5 heteroatoms. The van der Waals surface area contributed by atoms with E-state index in [0.29, 0.717) is 0 Å². The van der Waals surface area contributed by atoms with Crippen LogP contribution in [-0.2, 0) is 9.39 Å². The first-order valence-corrected chi connectivity index (χ1v) is 6.09. The summed E-state index contributed by atoms with van der Waals surface area (Å²) in [5.41, 5.74) is 0.121.